The fraction of sp³-hybridized carbons (Fsp3) is 0.538. The average molecular weight is 286 g/mol. The highest BCUT2D eigenvalue weighted by Gasteiger charge is 2.09. The lowest BCUT2D eigenvalue weighted by atomic mass is 9.96. The Labute approximate surface area is 106 Å². The minimum absolute atomic E-state index is 0.407. The second kappa shape index (κ2) is 7.82. The minimum Gasteiger partial charge on any atom is -0.381 e. The predicted octanol–water partition coefficient (Wildman–Crippen LogP) is 3.31. The van der Waals surface area contributed by atoms with Gasteiger partial charge in [0.05, 0.1) is 0 Å². The molecule has 1 aromatic carbocycles. The summed E-state index contributed by atoms with van der Waals surface area (Å²) in [7, 11) is 0. The lowest BCUT2D eigenvalue weighted by Crippen LogP contribution is -2.14. The van der Waals surface area contributed by atoms with Crippen LogP contribution in [0, 0.1) is 0 Å². The van der Waals surface area contributed by atoms with Gasteiger partial charge in [-0.15, -0.1) is 0 Å². The first-order chi connectivity index (χ1) is 7.77. The van der Waals surface area contributed by atoms with Crippen molar-refractivity contribution >= 4 is 15.9 Å². The molecule has 0 aromatic heterocycles. The van der Waals surface area contributed by atoms with Crippen molar-refractivity contribution in [3.8, 4) is 0 Å². The summed E-state index contributed by atoms with van der Waals surface area (Å²) in [4.78, 5) is 0. The van der Waals surface area contributed by atoms with Crippen molar-refractivity contribution in [3.63, 3.8) is 0 Å². The summed E-state index contributed by atoms with van der Waals surface area (Å²) in [6.07, 6.45) is 2.07. The maximum absolute atomic E-state index is 5.79. The van der Waals surface area contributed by atoms with Gasteiger partial charge < -0.3 is 10.5 Å². The molecule has 0 saturated carbocycles. The smallest absolute Gasteiger partial charge is 0.0472 e. The first-order valence-corrected chi connectivity index (χ1v) is 6.60. The van der Waals surface area contributed by atoms with Gasteiger partial charge in [-0.25, -0.2) is 0 Å². The van der Waals surface area contributed by atoms with Crippen molar-refractivity contribution in [1.29, 1.82) is 0 Å². The van der Waals surface area contributed by atoms with Crippen LogP contribution in [0.2, 0.25) is 0 Å². The molecule has 0 heterocycles. The molecule has 2 N–H and O–H groups in total. The molecule has 90 valence electrons. The normalized spacial score (nSPS) is 12.7. The minimum atomic E-state index is 0.407. The summed E-state index contributed by atoms with van der Waals surface area (Å²) in [6.45, 7) is 4.44. The molecule has 0 aliphatic carbocycles. The quantitative estimate of drug-likeness (QED) is 0.780. The molecule has 0 bridgehead atoms. The van der Waals surface area contributed by atoms with Gasteiger partial charge in [-0.3, -0.25) is 0 Å². The summed E-state index contributed by atoms with van der Waals surface area (Å²) < 4.78 is 6.60. The molecule has 0 saturated heterocycles. The molecule has 1 aromatic rings. The molecule has 0 fully saturated rings. The molecule has 1 rings (SSSR count). The van der Waals surface area contributed by atoms with Gasteiger partial charge in [-0.2, -0.15) is 0 Å². The van der Waals surface area contributed by atoms with Gasteiger partial charge in [0.1, 0.15) is 0 Å². The third kappa shape index (κ3) is 4.64. The Morgan fingerprint density at radius 2 is 1.94 bits per heavy atom. The molecule has 0 aliphatic rings. The van der Waals surface area contributed by atoms with Crippen molar-refractivity contribution in [2.24, 2.45) is 5.73 Å². The van der Waals surface area contributed by atoms with Crippen molar-refractivity contribution in [3.05, 3.63) is 34.3 Å². The van der Waals surface area contributed by atoms with E-state index in [2.05, 4.69) is 47.1 Å². The Balaban J connectivity index is 2.44. The first-order valence-electron chi connectivity index (χ1n) is 5.81. The zero-order valence-corrected chi connectivity index (χ0v) is 11.4. The van der Waals surface area contributed by atoms with E-state index in [1.807, 2.05) is 0 Å². The Kier molecular flexibility index (Phi) is 6.69. The van der Waals surface area contributed by atoms with Gasteiger partial charge in [0.25, 0.3) is 0 Å². The molecule has 1 atom stereocenters. The van der Waals surface area contributed by atoms with Crippen LogP contribution >= 0.6 is 15.9 Å². The molecule has 0 aliphatic heterocycles. The molecular formula is C13H20BrNO. The van der Waals surface area contributed by atoms with E-state index in [-0.39, 0.29) is 0 Å². The maximum Gasteiger partial charge on any atom is 0.0472 e. The van der Waals surface area contributed by atoms with Crippen molar-refractivity contribution < 1.29 is 4.74 Å². The van der Waals surface area contributed by atoms with Gasteiger partial charge in [-0.05, 0) is 43.0 Å². The molecule has 0 radical (unpaired) electrons. The van der Waals surface area contributed by atoms with Crippen LogP contribution < -0.4 is 5.73 Å². The average Bonchev–Trinajstić information content (AvgIpc) is 2.31. The summed E-state index contributed by atoms with van der Waals surface area (Å²) in [5.41, 5.74) is 7.09. The highest BCUT2D eigenvalue weighted by molar-refractivity contribution is 9.10. The lowest BCUT2D eigenvalue weighted by molar-refractivity contribution is 0.128. The molecule has 0 amide bonds. The van der Waals surface area contributed by atoms with Crippen LogP contribution in [-0.4, -0.2) is 19.8 Å². The summed E-state index contributed by atoms with van der Waals surface area (Å²) >= 11 is 3.43. The van der Waals surface area contributed by atoms with Gasteiger partial charge in [0, 0.05) is 17.7 Å². The molecule has 3 heteroatoms. The second-order valence-corrected chi connectivity index (χ2v) is 4.80. The summed E-state index contributed by atoms with van der Waals surface area (Å²) in [6, 6.07) is 8.37. The maximum atomic E-state index is 5.79. The second-order valence-electron chi connectivity index (χ2n) is 3.89. The van der Waals surface area contributed by atoms with E-state index >= 15 is 0 Å². The van der Waals surface area contributed by atoms with Crippen LogP contribution in [0.4, 0.5) is 0 Å². The predicted molar refractivity (Wildman–Crippen MR) is 71.7 cm³/mol. The van der Waals surface area contributed by atoms with E-state index in [1.54, 1.807) is 0 Å². The van der Waals surface area contributed by atoms with Crippen LogP contribution in [0.3, 0.4) is 0 Å². The van der Waals surface area contributed by atoms with Crippen LogP contribution in [0.1, 0.15) is 31.2 Å². The highest BCUT2D eigenvalue weighted by Crippen LogP contribution is 2.20. The Hall–Kier alpha value is -0.380. The van der Waals surface area contributed by atoms with E-state index in [9.17, 15) is 0 Å². The van der Waals surface area contributed by atoms with E-state index in [0.29, 0.717) is 12.5 Å². The fourth-order valence-corrected chi connectivity index (χ4v) is 1.89. The van der Waals surface area contributed by atoms with Crippen molar-refractivity contribution in [1.82, 2.24) is 0 Å². The molecule has 16 heavy (non-hydrogen) atoms. The van der Waals surface area contributed by atoms with E-state index in [4.69, 9.17) is 10.5 Å². The van der Waals surface area contributed by atoms with Gasteiger partial charge in [0.15, 0.2) is 0 Å². The standard InChI is InChI=1S/C13H20BrNO/c1-2-8-16-9-7-12(10-15)11-3-5-13(14)6-4-11/h3-6,12H,2,7-10,15H2,1H3. The molecule has 1 unspecified atom stereocenters. The monoisotopic (exact) mass is 285 g/mol. The van der Waals surface area contributed by atoms with Gasteiger partial charge in [-0.1, -0.05) is 35.0 Å². The van der Waals surface area contributed by atoms with Crippen molar-refractivity contribution in [2.45, 2.75) is 25.7 Å². The number of hydrogen-bond donors (Lipinski definition) is 1. The van der Waals surface area contributed by atoms with Crippen molar-refractivity contribution in [2.75, 3.05) is 19.8 Å². The summed E-state index contributed by atoms with van der Waals surface area (Å²) in [5.74, 6) is 0.407. The third-order valence-corrected chi connectivity index (χ3v) is 3.11. The van der Waals surface area contributed by atoms with Crippen LogP contribution in [0.25, 0.3) is 0 Å². The number of hydrogen-bond acceptors (Lipinski definition) is 2. The first kappa shape index (κ1) is 13.7. The molecular weight excluding hydrogens is 266 g/mol. The SMILES string of the molecule is CCCOCCC(CN)c1ccc(Br)cc1. The number of benzene rings is 1. The van der Waals surface area contributed by atoms with E-state index in [0.717, 1.165) is 30.5 Å². The van der Waals surface area contributed by atoms with Crippen LogP contribution in [0.15, 0.2) is 28.7 Å². The largest absolute Gasteiger partial charge is 0.381 e. The van der Waals surface area contributed by atoms with E-state index in [1.165, 1.54) is 5.56 Å². The third-order valence-electron chi connectivity index (χ3n) is 2.59. The Morgan fingerprint density at radius 1 is 1.25 bits per heavy atom. The fourth-order valence-electron chi connectivity index (χ4n) is 1.63. The van der Waals surface area contributed by atoms with Crippen LogP contribution in [0.5, 0.6) is 0 Å². The van der Waals surface area contributed by atoms with Gasteiger partial charge >= 0.3 is 0 Å². The number of rotatable bonds is 7. The number of halogens is 1. The summed E-state index contributed by atoms with van der Waals surface area (Å²) in [5, 5.41) is 0. The van der Waals surface area contributed by atoms with E-state index < -0.39 is 0 Å². The number of nitrogens with two attached hydrogens (primary N) is 1. The zero-order chi connectivity index (χ0) is 11.8. The zero-order valence-electron chi connectivity index (χ0n) is 9.79. The Morgan fingerprint density at radius 3 is 2.50 bits per heavy atom. The van der Waals surface area contributed by atoms with Gasteiger partial charge in [0.2, 0.25) is 0 Å². The molecule has 2 nitrogen and oxygen atoms in total. The Bertz CT molecular complexity index is 286. The number of ether oxygens (including phenoxy) is 1. The molecule has 0 spiro atoms. The highest BCUT2D eigenvalue weighted by atomic mass is 79.9. The topological polar surface area (TPSA) is 35.2 Å². The van der Waals surface area contributed by atoms with Crippen LogP contribution in [-0.2, 0) is 4.74 Å². The lowest BCUT2D eigenvalue weighted by Gasteiger charge is -2.15.